The van der Waals surface area contributed by atoms with Crippen LogP contribution in [0.5, 0.6) is 0 Å². The molecule has 2 rings (SSSR count). The summed E-state index contributed by atoms with van der Waals surface area (Å²) in [5, 5.41) is 11.9. The lowest BCUT2D eigenvalue weighted by Gasteiger charge is -2.29. The lowest BCUT2D eigenvalue weighted by Crippen LogP contribution is -2.37. The van der Waals surface area contributed by atoms with Gasteiger partial charge in [-0.2, -0.15) is 0 Å². The van der Waals surface area contributed by atoms with Gasteiger partial charge in [-0.15, -0.1) is 0 Å². The number of hydrogen-bond acceptors (Lipinski definition) is 6. The Morgan fingerprint density at radius 2 is 2.35 bits per heavy atom. The Balaban J connectivity index is 2.34. The number of carbonyl (C=O) groups is 2. The lowest BCUT2D eigenvalue weighted by molar-refractivity contribution is -0.138. The highest BCUT2D eigenvalue weighted by Gasteiger charge is 2.32. The Bertz CT molecular complexity index is 563. The molecule has 0 aromatic carbocycles. The molecule has 0 radical (unpaired) electrons. The second-order valence-electron chi connectivity index (χ2n) is 4.11. The molecule has 0 fully saturated rings. The first-order valence-corrected chi connectivity index (χ1v) is 6.91. The number of allylic oxidation sites excluding steroid dienone is 1. The molecule has 1 unspecified atom stereocenters. The van der Waals surface area contributed by atoms with Gasteiger partial charge in [-0.1, -0.05) is 11.8 Å². The van der Waals surface area contributed by atoms with Gasteiger partial charge in [-0.3, -0.25) is 0 Å². The van der Waals surface area contributed by atoms with E-state index in [0.29, 0.717) is 10.9 Å². The van der Waals surface area contributed by atoms with Crippen LogP contribution in [0.1, 0.15) is 13.8 Å². The Hall–Kier alpha value is -2.02. The number of aliphatic imine (C=N–C) groups is 1. The third kappa shape index (κ3) is 2.93. The first-order valence-electron chi connectivity index (χ1n) is 6.03. The van der Waals surface area contributed by atoms with Crippen LogP contribution < -0.4 is 0 Å². The zero-order valence-electron chi connectivity index (χ0n) is 11.1. The van der Waals surface area contributed by atoms with Crippen molar-refractivity contribution < 1.29 is 19.4 Å². The summed E-state index contributed by atoms with van der Waals surface area (Å²) in [6, 6.07) is -0.560. The van der Waals surface area contributed by atoms with Crippen molar-refractivity contribution in [2.45, 2.75) is 19.9 Å². The molecule has 0 saturated heterocycles. The summed E-state index contributed by atoms with van der Waals surface area (Å²) in [6.45, 7) is 3.66. The van der Waals surface area contributed by atoms with Gasteiger partial charge in [0, 0.05) is 18.0 Å². The van der Waals surface area contributed by atoms with Crippen molar-refractivity contribution in [1.29, 1.82) is 0 Å². The van der Waals surface area contributed by atoms with E-state index >= 15 is 0 Å². The smallest absolute Gasteiger partial charge is 0.334 e. The van der Waals surface area contributed by atoms with Crippen molar-refractivity contribution in [2.75, 3.05) is 6.61 Å². The number of hydrogen-bond donors (Lipinski definition) is 1. The third-order valence-corrected chi connectivity index (χ3v) is 3.48. The predicted molar refractivity (Wildman–Crippen MR) is 75.9 cm³/mol. The number of esters is 1. The standard InChI is InChI=1S/C13H14N2O4S/c1-3-19-11(16)7-9(12(17)18)10-6-8(2)14-13-15(10)4-5-20-13/h4-7,10H,3H2,1-2H3,(H,17,18)/b9-7-. The second-order valence-corrected chi connectivity index (χ2v) is 4.99. The fourth-order valence-corrected chi connectivity index (χ4v) is 2.70. The average Bonchev–Trinajstić information content (AvgIpc) is 2.83. The molecule has 1 atom stereocenters. The van der Waals surface area contributed by atoms with Crippen LogP contribution in [-0.2, 0) is 14.3 Å². The molecule has 7 heteroatoms. The molecule has 0 amide bonds. The molecular weight excluding hydrogens is 280 g/mol. The molecule has 0 aromatic heterocycles. The minimum Gasteiger partial charge on any atom is -0.478 e. The molecule has 2 aliphatic heterocycles. The Kier molecular flexibility index (Phi) is 4.29. The van der Waals surface area contributed by atoms with Crippen LogP contribution in [0.25, 0.3) is 0 Å². The number of aliphatic carboxylic acids is 1. The first-order chi connectivity index (χ1) is 9.52. The number of amidine groups is 1. The van der Waals surface area contributed by atoms with Crippen LogP contribution in [0.15, 0.2) is 40.0 Å². The number of nitrogens with zero attached hydrogens (tertiary/aromatic N) is 2. The van der Waals surface area contributed by atoms with Gasteiger partial charge in [0.15, 0.2) is 5.17 Å². The van der Waals surface area contributed by atoms with Crippen LogP contribution in [0.3, 0.4) is 0 Å². The summed E-state index contributed by atoms with van der Waals surface area (Å²) in [4.78, 5) is 29.0. The molecular formula is C13H14N2O4S. The Morgan fingerprint density at radius 1 is 1.60 bits per heavy atom. The summed E-state index contributed by atoms with van der Waals surface area (Å²) >= 11 is 1.41. The van der Waals surface area contributed by atoms with Crippen LogP contribution >= 0.6 is 11.8 Å². The predicted octanol–water partition coefficient (Wildman–Crippen LogP) is 1.72. The van der Waals surface area contributed by atoms with E-state index in [1.807, 2.05) is 5.41 Å². The molecule has 2 heterocycles. The average molecular weight is 294 g/mol. The molecule has 6 nitrogen and oxygen atoms in total. The fourth-order valence-electron chi connectivity index (χ4n) is 1.90. The number of carbonyl (C=O) groups excluding carboxylic acids is 1. The number of rotatable bonds is 4. The fraction of sp³-hybridized carbons (Fsp3) is 0.308. The molecule has 20 heavy (non-hydrogen) atoms. The van der Waals surface area contributed by atoms with Crippen LogP contribution in [0.2, 0.25) is 0 Å². The molecule has 0 spiro atoms. The van der Waals surface area contributed by atoms with Crippen molar-refractivity contribution in [3.05, 3.63) is 35.0 Å². The molecule has 0 bridgehead atoms. The van der Waals surface area contributed by atoms with Crippen molar-refractivity contribution in [1.82, 2.24) is 4.90 Å². The summed E-state index contributed by atoms with van der Waals surface area (Å²) in [5.74, 6) is -1.81. The zero-order valence-corrected chi connectivity index (χ0v) is 11.9. The highest BCUT2D eigenvalue weighted by atomic mass is 32.2. The van der Waals surface area contributed by atoms with Gasteiger partial charge in [-0.25, -0.2) is 14.6 Å². The maximum Gasteiger partial charge on any atom is 0.334 e. The number of carboxylic acids is 1. The van der Waals surface area contributed by atoms with E-state index in [4.69, 9.17) is 4.74 Å². The topological polar surface area (TPSA) is 79.2 Å². The summed E-state index contributed by atoms with van der Waals surface area (Å²) < 4.78 is 4.78. The molecule has 0 saturated carbocycles. The van der Waals surface area contributed by atoms with E-state index in [1.54, 1.807) is 31.0 Å². The Labute approximate surface area is 120 Å². The van der Waals surface area contributed by atoms with Crippen molar-refractivity contribution >= 4 is 28.9 Å². The van der Waals surface area contributed by atoms with Gasteiger partial charge >= 0.3 is 11.9 Å². The van der Waals surface area contributed by atoms with Gasteiger partial charge in [-0.05, 0) is 25.3 Å². The SMILES string of the molecule is CCOC(=O)/C=C(\C(=O)O)C1C=C(C)N=C2SC=CN21. The van der Waals surface area contributed by atoms with Crippen molar-refractivity contribution in [2.24, 2.45) is 4.99 Å². The second kappa shape index (κ2) is 5.96. The lowest BCUT2D eigenvalue weighted by atomic mass is 10.0. The van der Waals surface area contributed by atoms with Gasteiger partial charge < -0.3 is 14.7 Å². The number of ether oxygens (including phenoxy) is 1. The van der Waals surface area contributed by atoms with E-state index in [2.05, 4.69) is 4.99 Å². The zero-order chi connectivity index (χ0) is 14.7. The van der Waals surface area contributed by atoms with Gasteiger partial charge in [0.2, 0.25) is 0 Å². The van der Waals surface area contributed by atoms with Gasteiger partial charge in [0.05, 0.1) is 18.2 Å². The minimum absolute atomic E-state index is 0.0395. The van der Waals surface area contributed by atoms with E-state index in [-0.39, 0.29) is 12.2 Å². The quantitative estimate of drug-likeness (QED) is 0.628. The molecule has 0 aliphatic carbocycles. The van der Waals surface area contributed by atoms with Crippen LogP contribution in [-0.4, -0.2) is 39.8 Å². The van der Waals surface area contributed by atoms with Crippen LogP contribution in [0.4, 0.5) is 0 Å². The summed E-state index contributed by atoms with van der Waals surface area (Å²) in [6.07, 6.45) is 4.48. The van der Waals surface area contributed by atoms with Crippen LogP contribution in [0, 0.1) is 0 Å². The highest BCUT2D eigenvalue weighted by molar-refractivity contribution is 8.16. The monoisotopic (exact) mass is 294 g/mol. The van der Waals surface area contributed by atoms with Crippen molar-refractivity contribution in [3.63, 3.8) is 0 Å². The van der Waals surface area contributed by atoms with E-state index < -0.39 is 18.0 Å². The summed E-state index contributed by atoms with van der Waals surface area (Å²) in [7, 11) is 0. The van der Waals surface area contributed by atoms with E-state index in [9.17, 15) is 14.7 Å². The molecule has 106 valence electrons. The molecule has 2 aliphatic rings. The molecule has 1 N–H and O–H groups in total. The normalized spacial score (nSPS) is 21.2. The largest absolute Gasteiger partial charge is 0.478 e. The molecule has 0 aromatic rings. The maximum atomic E-state index is 11.5. The summed E-state index contributed by atoms with van der Waals surface area (Å²) in [5.41, 5.74) is 0.677. The number of thioether (sulfide) groups is 1. The van der Waals surface area contributed by atoms with E-state index in [1.165, 1.54) is 11.8 Å². The number of carboxylic acid groups (broad SMARTS) is 1. The third-order valence-electron chi connectivity index (χ3n) is 2.71. The van der Waals surface area contributed by atoms with E-state index in [0.717, 1.165) is 6.08 Å². The van der Waals surface area contributed by atoms with Gasteiger partial charge in [0.1, 0.15) is 0 Å². The Morgan fingerprint density at radius 3 is 3.00 bits per heavy atom. The first kappa shape index (κ1) is 14.4. The van der Waals surface area contributed by atoms with Crippen molar-refractivity contribution in [3.8, 4) is 0 Å². The minimum atomic E-state index is -1.15. The maximum absolute atomic E-state index is 11.5. The highest BCUT2D eigenvalue weighted by Crippen LogP contribution is 2.30. The number of fused-ring (bicyclic) bond motifs is 1. The van der Waals surface area contributed by atoms with Gasteiger partial charge in [0.25, 0.3) is 0 Å².